The van der Waals surface area contributed by atoms with Crippen molar-refractivity contribution in [3.8, 4) is 0 Å². The highest BCUT2D eigenvalue weighted by Gasteiger charge is 2.19. The van der Waals surface area contributed by atoms with Gasteiger partial charge in [-0.25, -0.2) is 4.98 Å². The monoisotopic (exact) mass is 453 g/mol. The second-order valence-electron chi connectivity index (χ2n) is 7.40. The second kappa shape index (κ2) is 9.19. The lowest BCUT2D eigenvalue weighted by Crippen LogP contribution is -2.25. The molecule has 9 nitrogen and oxygen atoms in total. The van der Waals surface area contributed by atoms with Crippen molar-refractivity contribution >= 4 is 34.8 Å². The summed E-state index contributed by atoms with van der Waals surface area (Å²) in [5.74, 6) is 0.0988. The fourth-order valence-electron chi connectivity index (χ4n) is 3.60. The maximum Gasteiger partial charge on any atom is 0.270 e. The predicted octanol–water partition coefficient (Wildman–Crippen LogP) is 3.96. The summed E-state index contributed by atoms with van der Waals surface area (Å²) in [5, 5.41) is 16.3. The summed E-state index contributed by atoms with van der Waals surface area (Å²) in [6, 6.07) is 10.2. The maximum absolute atomic E-state index is 12.8. The number of para-hydroxylation sites is 1. The molecule has 2 aromatic carbocycles. The molecule has 3 aromatic rings. The molecule has 1 aliphatic heterocycles. The molecule has 0 aliphatic carbocycles. The fourth-order valence-corrected chi connectivity index (χ4v) is 3.86. The van der Waals surface area contributed by atoms with Crippen molar-refractivity contribution in [2.24, 2.45) is 0 Å². The third kappa shape index (κ3) is 4.62. The zero-order valence-electron chi connectivity index (χ0n) is 17.0. The van der Waals surface area contributed by atoms with Crippen LogP contribution in [0.25, 0.3) is 0 Å². The number of aryl methyl sites for hydroxylation is 2. The third-order valence-corrected chi connectivity index (χ3v) is 5.53. The Morgan fingerprint density at radius 1 is 1.12 bits per heavy atom. The van der Waals surface area contributed by atoms with Gasteiger partial charge in [0, 0.05) is 31.3 Å². The number of amides is 2. The minimum absolute atomic E-state index is 0.0534. The number of non-ortho nitro benzene ring substituents is 1. The van der Waals surface area contributed by atoms with Crippen LogP contribution in [0.5, 0.6) is 0 Å². The maximum atomic E-state index is 12.8. The number of nitro groups is 1. The SMILES string of the molecule is O=C(Nc1ccccc1C(=O)NCc1cn2c(n1)CCCC2)c1ccc([N+](=O)[O-])cc1Cl. The van der Waals surface area contributed by atoms with Gasteiger partial charge in [0.05, 0.1) is 39.0 Å². The van der Waals surface area contributed by atoms with Gasteiger partial charge in [-0.05, 0) is 31.0 Å². The van der Waals surface area contributed by atoms with Crippen molar-refractivity contribution in [3.63, 3.8) is 0 Å². The average molecular weight is 454 g/mol. The van der Waals surface area contributed by atoms with E-state index in [1.807, 2.05) is 6.20 Å². The Bertz CT molecular complexity index is 1180. The molecule has 2 amide bonds. The first kappa shape index (κ1) is 21.5. The molecule has 0 spiro atoms. The van der Waals surface area contributed by atoms with E-state index in [9.17, 15) is 19.7 Å². The number of imidazole rings is 1. The number of fused-ring (bicyclic) bond motifs is 1. The number of nitro benzene ring substituents is 1. The van der Waals surface area contributed by atoms with Crippen LogP contribution in [0.4, 0.5) is 11.4 Å². The molecular weight excluding hydrogens is 434 g/mol. The number of carbonyl (C=O) groups excluding carboxylic acids is 2. The molecule has 2 N–H and O–H groups in total. The van der Waals surface area contributed by atoms with Gasteiger partial charge in [-0.2, -0.15) is 0 Å². The molecule has 0 unspecified atom stereocenters. The van der Waals surface area contributed by atoms with E-state index in [4.69, 9.17) is 11.6 Å². The van der Waals surface area contributed by atoms with Crippen LogP contribution in [-0.4, -0.2) is 26.3 Å². The number of hydrogen-bond donors (Lipinski definition) is 2. The van der Waals surface area contributed by atoms with E-state index < -0.39 is 10.8 Å². The van der Waals surface area contributed by atoms with E-state index >= 15 is 0 Å². The van der Waals surface area contributed by atoms with Gasteiger partial charge in [0.15, 0.2) is 0 Å². The van der Waals surface area contributed by atoms with Crippen molar-refractivity contribution in [3.05, 3.63) is 86.4 Å². The molecule has 1 aliphatic rings. The van der Waals surface area contributed by atoms with Gasteiger partial charge >= 0.3 is 0 Å². The number of benzene rings is 2. The first-order chi connectivity index (χ1) is 15.4. The lowest BCUT2D eigenvalue weighted by atomic mass is 10.1. The van der Waals surface area contributed by atoms with E-state index in [0.29, 0.717) is 5.69 Å². The molecule has 10 heteroatoms. The predicted molar refractivity (Wildman–Crippen MR) is 119 cm³/mol. The Balaban J connectivity index is 1.46. The van der Waals surface area contributed by atoms with Crippen molar-refractivity contribution < 1.29 is 14.5 Å². The summed E-state index contributed by atoms with van der Waals surface area (Å²) < 4.78 is 2.12. The van der Waals surface area contributed by atoms with Crippen LogP contribution >= 0.6 is 11.6 Å². The number of anilines is 1. The zero-order valence-corrected chi connectivity index (χ0v) is 17.8. The minimum Gasteiger partial charge on any atom is -0.346 e. The number of carbonyl (C=O) groups is 2. The first-order valence-electron chi connectivity index (χ1n) is 10.1. The van der Waals surface area contributed by atoms with Gasteiger partial charge in [0.1, 0.15) is 5.82 Å². The molecular formula is C22H20ClN5O4. The Labute approximate surface area is 188 Å². The highest BCUT2D eigenvalue weighted by molar-refractivity contribution is 6.34. The summed E-state index contributed by atoms with van der Waals surface area (Å²) in [7, 11) is 0. The minimum atomic E-state index is -0.594. The van der Waals surface area contributed by atoms with Crippen LogP contribution in [0.2, 0.25) is 5.02 Å². The topological polar surface area (TPSA) is 119 Å². The normalized spacial score (nSPS) is 12.7. The summed E-state index contributed by atoms with van der Waals surface area (Å²) >= 11 is 6.04. The largest absolute Gasteiger partial charge is 0.346 e. The molecule has 0 bridgehead atoms. The molecule has 0 radical (unpaired) electrons. The summed E-state index contributed by atoms with van der Waals surface area (Å²) in [5.41, 5.74) is 1.22. The van der Waals surface area contributed by atoms with Crippen molar-refractivity contribution in [1.29, 1.82) is 0 Å². The van der Waals surface area contributed by atoms with Crippen LogP contribution in [0.15, 0.2) is 48.7 Å². The van der Waals surface area contributed by atoms with Crippen LogP contribution in [0, 0.1) is 10.1 Å². The van der Waals surface area contributed by atoms with Gasteiger partial charge in [-0.3, -0.25) is 19.7 Å². The van der Waals surface area contributed by atoms with Crippen LogP contribution < -0.4 is 10.6 Å². The fraction of sp³-hybridized carbons (Fsp3) is 0.227. The van der Waals surface area contributed by atoms with Crippen molar-refractivity contribution in [1.82, 2.24) is 14.9 Å². The number of nitrogens with zero attached hydrogens (tertiary/aromatic N) is 3. The molecule has 2 heterocycles. The Hall–Kier alpha value is -3.72. The van der Waals surface area contributed by atoms with E-state index in [1.165, 1.54) is 12.1 Å². The molecule has 0 atom stereocenters. The molecule has 0 saturated heterocycles. The Morgan fingerprint density at radius 2 is 1.94 bits per heavy atom. The number of rotatable bonds is 6. The molecule has 1 aromatic heterocycles. The van der Waals surface area contributed by atoms with Gasteiger partial charge in [-0.1, -0.05) is 23.7 Å². The standard InChI is InChI=1S/C22H20ClN5O4/c23-18-11-15(28(31)32)8-9-16(18)22(30)26-19-6-2-1-5-17(19)21(29)24-12-14-13-27-10-4-3-7-20(27)25-14/h1-2,5-6,8-9,11,13H,3-4,7,10,12H2,(H,24,29)(H,26,30). The number of halogens is 1. The van der Waals surface area contributed by atoms with Crippen LogP contribution in [0.3, 0.4) is 0 Å². The molecule has 32 heavy (non-hydrogen) atoms. The Kier molecular flexibility index (Phi) is 6.18. The number of aromatic nitrogens is 2. The highest BCUT2D eigenvalue weighted by Crippen LogP contribution is 2.24. The lowest BCUT2D eigenvalue weighted by Gasteiger charge is -2.12. The second-order valence-corrected chi connectivity index (χ2v) is 7.81. The van der Waals surface area contributed by atoms with E-state index in [2.05, 4.69) is 20.2 Å². The van der Waals surface area contributed by atoms with Gasteiger partial charge in [-0.15, -0.1) is 0 Å². The lowest BCUT2D eigenvalue weighted by molar-refractivity contribution is -0.384. The molecule has 4 rings (SSSR count). The smallest absolute Gasteiger partial charge is 0.270 e. The summed E-state index contributed by atoms with van der Waals surface area (Å²) in [4.78, 5) is 40.3. The number of hydrogen-bond acceptors (Lipinski definition) is 5. The molecule has 0 saturated carbocycles. The third-order valence-electron chi connectivity index (χ3n) is 5.22. The van der Waals surface area contributed by atoms with Gasteiger partial charge in [0.2, 0.25) is 0 Å². The van der Waals surface area contributed by atoms with E-state index in [0.717, 1.165) is 43.4 Å². The summed E-state index contributed by atoms with van der Waals surface area (Å²) in [6.45, 7) is 1.21. The first-order valence-corrected chi connectivity index (χ1v) is 10.5. The highest BCUT2D eigenvalue weighted by atomic mass is 35.5. The summed E-state index contributed by atoms with van der Waals surface area (Å²) in [6.07, 6.45) is 5.14. The number of nitrogens with one attached hydrogen (secondary N) is 2. The quantitative estimate of drug-likeness (QED) is 0.432. The van der Waals surface area contributed by atoms with Crippen LogP contribution in [0.1, 0.15) is 45.1 Å². The average Bonchev–Trinajstić information content (AvgIpc) is 3.20. The zero-order chi connectivity index (χ0) is 22.7. The molecule has 164 valence electrons. The van der Waals surface area contributed by atoms with Crippen molar-refractivity contribution in [2.75, 3.05) is 5.32 Å². The van der Waals surface area contributed by atoms with E-state index in [-0.39, 0.29) is 34.3 Å². The molecule has 0 fully saturated rings. The van der Waals surface area contributed by atoms with E-state index in [1.54, 1.807) is 24.3 Å². The van der Waals surface area contributed by atoms with Crippen LogP contribution in [-0.2, 0) is 19.5 Å². The Morgan fingerprint density at radius 3 is 2.69 bits per heavy atom. The van der Waals surface area contributed by atoms with Gasteiger partial charge < -0.3 is 15.2 Å². The van der Waals surface area contributed by atoms with Crippen molar-refractivity contribution in [2.45, 2.75) is 32.4 Å². The van der Waals surface area contributed by atoms with Gasteiger partial charge in [0.25, 0.3) is 17.5 Å².